The zero-order valence-corrected chi connectivity index (χ0v) is 11.5. The van der Waals surface area contributed by atoms with Crippen LogP contribution in [0.5, 0.6) is 0 Å². The molecule has 1 aromatic rings. The van der Waals surface area contributed by atoms with E-state index in [1.54, 1.807) is 4.90 Å². The Bertz CT molecular complexity index is 452. The first-order valence-corrected chi connectivity index (χ1v) is 7.58. The number of aromatic nitrogens is 2. The summed E-state index contributed by atoms with van der Waals surface area (Å²) in [6.07, 6.45) is 4.12. The minimum Gasteiger partial charge on any atom is -0.396 e. The second-order valence-electron chi connectivity index (χ2n) is 5.26. The van der Waals surface area contributed by atoms with E-state index in [0.717, 1.165) is 17.8 Å². The van der Waals surface area contributed by atoms with Gasteiger partial charge in [-0.1, -0.05) is 11.3 Å². The molecule has 6 nitrogen and oxygen atoms in total. The fourth-order valence-electron chi connectivity index (χ4n) is 2.27. The van der Waals surface area contributed by atoms with Gasteiger partial charge in [0.15, 0.2) is 0 Å². The summed E-state index contributed by atoms with van der Waals surface area (Å²) < 4.78 is 0. The maximum atomic E-state index is 12.0. The average Bonchev–Trinajstić information content (AvgIpc) is 3.20. The molecule has 1 aromatic heterocycles. The maximum absolute atomic E-state index is 12.0. The minimum atomic E-state index is -0.102. The monoisotopic (exact) mass is 282 g/mol. The number of aliphatic hydroxyl groups excluding tert-OH is 1. The second-order valence-corrected chi connectivity index (χ2v) is 6.27. The maximum Gasteiger partial charge on any atom is 0.323 e. The third-order valence-electron chi connectivity index (χ3n) is 3.74. The Kier molecular flexibility index (Phi) is 3.65. The Morgan fingerprint density at radius 1 is 1.32 bits per heavy atom. The van der Waals surface area contributed by atoms with E-state index in [0.29, 0.717) is 30.1 Å². The highest BCUT2D eigenvalue weighted by atomic mass is 32.1. The molecular formula is C12H18N4O2S. The lowest BCUT2D eigenvalue weighted by molar-refractivity contribution is 0.143. The van der Waals surface area contributed by atoms with E-state index in [4.69, 9.17) is 5.11 Å². The molecule has 0 aromatic carbocycles. The lowest BCUT2D eigenvalue weighted by atomic mass is 9.98. The molecule has 0 atom stereocenters. The van der Waals surface area contributed by atoms with Crippen LogP contribution in [0.15, 0.2) is 0 Å². The van der Waals surface area contributed by atoms with Crippen molar-refractivity contribution in [1.29, 1.82) is 0 Å². The van der Waals surface area contributed by atoms with Crippen molar-refractivity contribution in [3.05, 3.63) is 5.01 Å². The van der Waals surface area contributed by atoms with Gasteiger partial charge in [-0.3, -0.25) is 5.32 Å². The molecule has 2 aliphatic rings. The highest BCUT2D eigenvalue weighted by Gasteiger charge is 2.28. The molecule has 0 radical (unpaired) electrons. The number of nitrogens with one attached hydrogen (secondary N) is 1. The van der Waals surface area contributed by atoms with Crippen LogP contribution in [0.4, 0.5) is 9.93 Å². The van der Waals surface area contributed by atoms with Crippen LogP contribution in [-0.4, -0.2) is 45.9 Å². The number of anilines is 1. The van der Waals surface area contributed by atoms with Crippen LogP contribution in [-0.2, 0) is 0 Å². The number of carbonyl (C=O) groups is 1. The summed E-state index contributed by atoms with van der Waals surface area (Å²) in [7, 11) is 0. The van der Waals surface area contributed by atoms with Gasteiger partial charge >= 0.3 is 6.03 Å². The van der Waals surface area contributed by atoms with Crippen molar-refractivity contribution in [2.24, 2.45) is 5.92 Å². The predicted molar refractivity (Wildman–Crippen MR) is 72.3 cm³/mol. The predicted octanol–water partition coefficient (Wildman–Crippen LogP) is 1.65. The number of aliphatic hydroxyl groups is 1. The van der Waals surface area contributed by atoms with Crippen LogP contribution in [0.1, 0.15) is 36.6 Å². The molecule has 2 fully saturated rings. The van der Waals surface area contributed by atoms with E-state index in [-0.39, 0.29) is 12.6 Å². The Hall–Kier alpha value is -1.21. The van der Waals surface area contributed by atoms with E-state index in [1.807, 2.05) is 0 Å². The largest absolute Gasteiger partial charge is 0.396 e. The number of hydrogen-bond acceptors (Lipinski definition) is 5. The fraction of sp³-hybridized carbons (Fsp3) is 0.750. The van der Waals surface area contributed by atoms with Crippen molar-refractivity contribution in [3.8, 4) is 0 Å². The molecular weight excluding hydrogens is 264 g/mol. The van der Waals surface area contributed by atoms with E-state index < -0.39 is 0 Å². The number of rotatable bonds is 3. The number of likely N-dealkylation sites (tertiary alicyclic amines) is 1. The van der Waals surface area contributed by atoms with Gasteiger partial charge in [0.1, 0.15) is 5.01 Å². The zero-order valence-electron chi connectivity index (χ0n) is 10.7. The number of carbonyl (C=O) groups excluding carboxylic acids is 1. The quantitative estimate of drug-likeness (QED) is 0.883. The molecule has 0 unspecified atom stereocenters. The van der Waals surface area contributed by atoms with Crippen LogP contribution in [0.3, 0.4) is 0 Å². The molecule has 2 N–H and O–H groups in total. The van der Waals surface area contributed by atoms with Gasteiger partial charge in [0.2, 0.25) is 5.13 Å². The summed E-state index contributed by atoms with van der Waals surface area (Å²) >= 11 is 1.48. The van der Waals surface area contributed by atoms with E-state index in [2.05, 4.69) is 15.5 Å². The Labute approximate surface area is 115 Å². The van der Waals surface area contributed by atoms with Gasteiger partial charge in [-0.05, 0) is 31.6 Å². The van der Waals surface area contributed by atoms with Crippen molar-refractivity contribution >= 4 is 22.5 Å². The van der Waals surface area contributed by atoms with Gasteiger partial charge < -0.3 is 10.0 Å². The van der Waals surface area contributed by atoms with Crippen molar-refractivity contribution < 1.29 is 9.90 Å². The van der Waals surface area contributed by atoms with E-state index >= 15 is 0 Å². The first kappa shape index (κ1) is 12.8. The smallest absolute Gasteiger partial charge is 0.323 e. The van der Waals surface area contributed by atoms with Crippen molar-refractivity contribution in [1.82, 2.24) is 15.1 Å². The summed E-state index contributed by atoms with van der Waals surface area (Å²) in [6, 6.07) is -0.102. The van der Waals surface area contributed by atoms with Gasteiger partial charge in [-0.25, -0.2) is 4.79 Å². The van der Waals surface area contributed by atoms with Crippen molar-refractivity contribution in [2.75, 3.05) is 25.0 Å². The van der Waals surface area contributed by atoms with Crippen molar-refractivity contribution in [2.45, 2.75) is 31.6 Å². The molecule has 3 rings (SSSR count). The SMILES string of the molecule is O=C(Nc1nnc(C2CC2)s1)N1CCC(CO)CC1. The highest BCUT2D eigenvalue weighted by Crippen LogP contribution is 2.42. The molecule has 1 saturated carbocycles. The van der Waals surface area contributed by atoms with Crippen molar-refractivity contribution in [3.63, 3.8) is 0 Å². The van der Waals surface area contributed by atoms with Gasteiger partial charge in [-0.2, -0.15) is 0 Å². The lowest BCUT2D eigenvalue weighted by Gasteiger charge is -2.30. The highest BCUT2D eigenvalue weighted by molar-refractivity contribution is 7.15. The third-order valence-corrected chi connectivity index (χ3v) is 4.74. The number of piperidine rings is 1. The summed E-state index contributed by atoms with van der Waals surface area (Å²) in [6.45, 7) is 1.62. The summed E-state index contributed by atoms with van der Waals surface area (Å²) in [5.74, 6) is 0.912. The molecule has 104 valence electrons. The number of urea groups is 1. The molecule has 0 bridgehead atoms. The van der Waals surface area contributed by atoms with Gasteiger partial charge in [-0.15, -0.1) is 10.2 Å². The van der Waals surface area contributed by atoms with Crippen LogP contribution < -0.4 is 5.32 Å². The molecule has 1 saturated heterocycles. The third kappa shape index (κ3) is 3.03. The molecule has 2 heterocycles. The molecule has 2 amide bonds. The number of amides is 2. The van der Waals surface area contributed by atoms with E-state index in [9.17, 15) is 4.79 Å². The van der Waals surface area contributed by atoms with Gasteiger partial charge in [0.05, 0.1) is 0 Å². The zero-order chi connectivity index (χ0) is 13.2. The van der Waals surface area contributed by atoms with Crippen LogP contribution in [0, 0.1) is 5.92 Å². The van der Waals surface area contributed by atoms with Crippen LogP contribution >= 0.6 is 11.3 Å². The molecule has 1 aliphatic heterocycles. The molecule has 19 heavy (non-hydrogen) atoms. The molecule has 1 aliphatic carbocycles. The summed E-state index contributed by atoms with van der Waals surface area (Å²) in [5.41, 5.74) is 0. The second kappa shape index (κ2) is 5.42. The fourth-order valence-corrected chi connectivity index (χ4v) is 3.17. The summed E-state index contributed by atoms with van der Waals surface area (Å²) in [4.78, 5) is 13.8. The van der Waals surface area contributed by atoms with Crippen LogP contribution in [0.2, 0.25) is 0 Å². The van der Waals surface area contributed by atoms with Crippen LogP contribution in [0.25, 0.3) is 0 Å². The summed E-state index contributed by atoms with van der Waals surface area (Å²) in [5, 5.41) is 21.6. The standard InChI is InChI=1S/C12H18N4O2S/c17-7-8-3-5-16(6-4-8)12(18)13-11-15-14-10(19-11)9-1-2-9/h8-9,17H,1-7H2,(H,13,15,18). The topological polar surface area (TPSA) is 78.4 Å². The lowest BCUT2D eigenvalue weighted by Crippen LogP contribution is -2.41. The molecule has 0 spiro atoms. The minimum absolute atomic E-state index is 0.102. The normalized spacial score (nSPS) is 20.6. The Balaban J connectivity index is 1.52. The first-order valence-electron chi connectivity index (χ1n) is 6.76. The number of hydrogen-bond donors (Lipinski definition) is 2. The number of nitrogens with zero attached hydrogens (tertiary/aromatic N) is 3. The van der Waals surface area contributed by atoms with Gasteiger partial charge in [0, 0.05) is 25.6 Å². The first-order chi connectivity index (χ1) is 9.26. The average molecular weight is 282 g/mol. The Morgan fingerprint density at radius 3 is 2.68 bits per heavy atom. The molecule has 7 heteroatoms. The van der Waals surface area contributed by atoms with E-state index in [1.165, 1.54) is 24.2 Å². The van der Waals surface area contributed by atoms with Gasteiger partial charge in [0.25, 0.3) is 0 Å². The Morgan fingerprint density at radius 2 is 2.05 bits per heavy atom.